The largest absolute Gasteiger partial charge is 0.495 e. The summed E-state index contributed by atoms with van der Waals surface area (Å²) in [6.07, 6.45) is 0.618. The molecule has 9 heteroatoms. The van der Waals surface area contributed by atoms with Crippen LogP contribution in [-0.2, 0) is 19.6 Å². The van der Waals surface area contributed by atoms with Crippen LogP contribution in [0.5, 0.6) is 5.75 Å². The molecule has 0 unspecified atom stereocenters. The topological polar surface area (TPSA) is 84.9 Å². The average Bonchev–Trinajstić information content (AvgIpc) is 2.69. The summed E-state index contributed by atoms with van der Waals surface area (Å²) in [4.78, 5) is 12.5. The maximum absolute atomic E-state index is 13.4. The van der Waals surface area contributed by atoms with E-state index in [0.29, 0.717) is 24.6 Å². The summed E-state index contributed by atoms with van der Waals surface area (Å²) in [6, 6.07) is 11.0. The van der Waals surface area contributed by atoms with Crippen molar-refractivity contribution in [1.82, 2.24) is 5.32 Å². The van der Waals surface area contributed by atoms with Crippen molar-refractivity contribution in [3.63, 3.8) is 0 Å². The molecule has 0 aliphatic carbocycles. The van der Waals surface area contributed by atoms with E-state index in [1.807, 2.05) is 6.92 Å². The Labute approximate surface area is 176 Å². The quantitative estimate of drug-likeness (QED) is 0.574. The molecule has 0 spiro atoms. The Balaban J connectivity index is 2.42. The Morgan fingerprint density at radius 1 is 1.14 bits per heavy atom. The molecule has 1 N–H and O–H groups in total. The van der Waals surface area contributed by atoms with Gasteiger partial charge in [-0.2, -0.15) is 0 Å². The van der Waals surface area contributed by atoms with Crippen LogP contribution in [0.25, 0.3) is 0 Å². The number of hydrogen-bond acceptors (Lipinski definition) is 5. The van der Waals surface area contributed by atoms with Crippen LogP contribution in [0, 0.1) is 6.92 Å². The van der Waals surface area contributed by atoms with Gasteiger partial charge in [0.2, 0.25) is 5.91 Å². The second kappa shape index (κ2) is 10.5. The predicted octanol–water partition coefficient (Wildman–Crippen LogP) is 3.01. The van der Waals surface area contributed by atoms with Crippen molar-refractivity contribution in [1.29, 1.82) is 0 Å². The van der Waals surface area contributed by atoms with Gasteiger partial charge in [-0.1, -0.05) is 29.3 Å². The predicted molar refractivity (Wildman–Crippen MR) is 113 cm³/mol. The minimum atomic E-state index is -4.04. The highest BCUT2D eigenvalue weighted by Crippen LogP contribution is 2.34. The molecule has 0 saturated heterocycles. The van der Waals surface area contributed by atoms with Gasteiger partial charge in [-0.05, 0) is 43.7 Å². The molecule has 1 amide bonds. The number of amides is 1. The van der Waals surface area contributed by atoms with Crippen LogP contribution in [-0.4, -0.2) is 48.2 Å². The van der Waals surface area contributed by atoms with Gasteiger partial charge in [-0.3, -0.25) is 9.10 Å². The molecule has 0 aliphatic heterocycles. The van der Waals surface area contributed by atoms with Crippen molar-refractivity contribution in [3.05, 3.63) is 53.1 Å². The summed E-state index contributed by atoms with van der Waals surface area (Å²) in [5, 5.41) is 3.03. The van der Waals surface area contributed by atoms with Gasteiger partial charge in [0, 0.05) is 25.3 Å². The fraction of sp³-hybridized carbons (Fsp3) is 0.350. The van der Waals surface area contributed by atoms with Gasteiger partial charge >= 0.3 is 0 Å². The summed E-state index contributed by atoms with van der Waals surface area (Å²) in [5.74, 6) is -0.156. The van der Waals surface area contributed by atoms with Crippen LogP contribution >= 0.6 is 11.6 Å². The lowest BCUT2D eigenvalue weighted by atomic mass is 10.2. The van der Waals surface area contributed by atoms with Gasteiger partial charge in [-0.25, -0.2) is 8.42 Å². The first-order chi connectivity index (χ1) is 13.8. The van der Waals surface area contributed by atoms with Crippen LogP contribution < -0.4 is 14.4 Å². The van der Waals surface area contributed by atoms with Crippen LogP contribution in [0.1, 0.15) is 12.0 Å². The standard InChI is InChI=1S/C20H25ClN2O5S/c1-15-5-8-17(9-6-15)29(25,26)23(14-20(24)22-11-4-12-27-2)18-13-16(21)7-10-19(18)28-3/h5-10,13H,4,11-12,14H2,1-3H3,(H,22,24). The van der Waals surface area contributed by atoms with E-state index in [1.54, 1.807) is 31.4 Å². The monoisotopic (exact) mass is 440 g/mol. The third kappa shape index (κ3) is 6.09. The number of rotatable bonds is 10. The molecule has 0 atom stereocenters. The number of carbonyl (C=O) groups excluding carboxylic acids is 1. The smallest absolute Gasteiger partial charge is 0.264 e. The third-order valence-electron chi connectivity index (χ3n) is 4.15. The number of carbonyl (C=O) groups is 1. The zero-order valence-corrected chi connectivity index (χ0v) is 18.2. The zero-order chi connectivity index (χ0) is 21.4. The molecule has 2 aromatic rings. The zero-order valence-electron chi connectivity index (χ0n) is 16.6. The molecular formula is C20H25ClN2O5S. The van der Waals surface area contributed by atoms with Crippen molar-refractivity contribution in [3.8, 4) is 5.75 Å². The van der Waals surface area contributed by atoms with Crippen LogP contribution in [0.2, 0.25) is 5.02 Å². The Hall–Kier alpha value is -2.29. The number of methoxy groups -OCH3 is 2. The van der Waals surface area contributed by atoms with Crippen LogP contribution in [0.4, 0.5) is 5.69 Å². The van der Waals surface area contributed by atoms with E-state index in [9.17, 15) is 13.2 Å². The van der Waals surface area contributed by atoms with E-state index in [0.717, 1.165) is 9.87 Å². The number of nitrogens with one attached hydrogen (secondary N) is 1. The van der Waals surface area contributed by atoms with Gasteiger partial charge in [0.25, 0.3) is 10.0 Å². The summed E-state index contributed by atoms with van der Waals surface area (Å²) >= 11 is 6.10. The van der Waals surface area contributed by atoms with Gasteiger partial charge in [0.1, 0.15) is 12.3 Å². The Kier molecular flexibility index (Phi) is 8.31. The highest BCUT2D eigenvalue weighted by atomic mass is 35.5. The lowest BCUT2D eigenvalue weighted by Crippen LogP contribution is -2.41. The molecule has 2 aromatic carbocycles. The second-order valence-electron chi connectivity index (χ2n) is 6.34. The van der Waals surface area contributed by atoms with Gasteiger partial charge in [0.15, 0.2) is 0 Å². The number of benzene rings is 2. The van der Waals surface area contributed by atoms with Crippen molar-refractivity contribution in [2.45, 2.75) is 18.2 Å². The van der Waals surface area contributed by atoms with Crippen molar-refractivity contribution < 1.29 is 22.7 Å². The molecular weight excluding hydrogens is 416 g/mol. The molecule has 2 rings (SSSR count). The summed E-state index contributed by atoms with van der Waals surface area (Å²) < 4.78 is 38.0. The van der Waals surface area contributed by atoms with Gasteiger partial charge in [-0.15, -0.1) is 0 Å². The summed E-state index contributed by atoms with van der Waals surface area (Å²) in [6.45, 7) is 2.31. The molecule has 0 radical (unpaired) electrons. The fourth-order valence-electron chi connectivity index (χ4n) is 2.63. The maximum atomic E-state index is 13.4. The van der Waals surface area contributed by atoms with Crippen LogP contribution in [0.3, 0.4) is 0 Å². The Morgan fingerprint density at radius 3 is 2.45 bits per heavy atom. The molecule has 0 heterocycles. The first-order valence-corrected chi connectivity index (χ1v) is 10.8. The Morgan fingerprint density at radius 2 is 1.83 bits per heavy atom. The second-order valence-corrected chi connectivity index (χ2v) is 8.64. The molecule has 0 fully saturated rings. The lowest BCUT2D eigenvalue weighted by molar-refractivity contribution is -0.119. The molecule has 0 saturated carbocycles. The fourth-order valence-corrected chi connectivity index (χ4v) is 4.22. The highest BCUT2D eigenvalue weighted by Gasteiger charge is 2.29. The number of anilines is 1. The average molecular weight is 441 g/mol. The Bertz CT molecular complexity index is 932. The van der Waals surface area contributed by atoms with Gasteiger partial charge < -0.3 is 14.8 Å². The molecule has 7 nitrogen and oxygen atoms in total. The molecule has 158 valence electrons. The van der Waals surface area contributed by atoms with E-state index >= 15 is 0 Å². The molecule has 0 bridgehead atoms. The number of aryl methyl sites for hydroxylation is 1. The van der Waals surface area contributed by atoms with Crippen molar-refractivity contribution >= 4 is 33.2 Å². The first kappa shape index (κ1) is 23.0. The number of ether oxygens (including phenoxy) is 2. The summed E-state index contributed by atoms with van der Waals surface area (Å²) in [7, 11) is -1.04. The molecule has 0 aromatic heterocycles. The van der Waals surface area contributed by atoms with E-state index in [1.165, 1.54) is 25.3 Å². The van der Waals surface area contributed by atoms with E-state index in [4.69, 9.17) is 21.1 Å². The van der Waals surface area contributed by atoms with E-state index in [-0.39, 0.29) is 16.3 Å². The molecule has 29 heavy (non-hydrogen) atoms. The SMILES string of the molecule is COCCCNC(=O)CN(c1cc(Cl)ccc1OC)S(=O)(=O)c1ccc(C)cc1. The third-order valence-corrected chi connectivity index (χ3v) is 6.16. The van der Waals surface area contributed by atoms with Crippen molar-refractivity contribution in [2.75, 3.05) is 38.2 Å². The summed E-state index contributed by atoms with van der Waals surface area (Å²) in [5.41, 5.74) is 1.11. The number of halogens is 1. The van der Waals surface area contributed by atoms with Crippen molar-refractivity contribution in [2.24, 2.45) is 0 Å². The van der Waals surface area contributed by atoms with E-state index in [2.05, 4.69) is 5.32 Å². The normalized spacial score (nSPS) is 11.2. The highest BCUT2D eigenvalue weighted by molar-refractivity contribution is 7.92. The number of hydrogen-bond donors (Lipinski definition) is 1. The van der Waals surface area contributed by atoms with Crippen LogP contribution in [0.15, 0.2) is 47.4 Å². The molecule has 0 aliphatic rings. The minimum Gasteiger partial charge on any atom is -0.495 e. The minimum absolute atomic E-state index is 0.0670. The number of sulfonamides is 1. The van der Waals surface area contributed by atoms with Gasteiger partial charge in [0.05, 0.1) is 17.7 Å². The van der Waals surface area contributed by atoms with E-state index < -0.39 is 22.5 Å². The first-order valence-electron chi connectivity index (χ1n) is 8.98. The maximum Gasteiger partial charge on any atom is 0.264 e. The lowest BCUT2D eigenvalue weighted by Gasteiger charge is -2.26. The number of nitrogens with zero attached hydrogens (tertiary/aromatic N) is 1.